The maximum absolute atomic E-state index is 12.5. The lowest BCUT2D eigenvalue weighted by atomic mass is 10.2. The highest BCUT2D eigenvalue weighted by atomic mass is 16.1. The Hall–Kier alpha value is -3.14. The molecule has 4 nitrogen and oxygen atoms in total. The molecule has 4 heteroatoms. The van der Waals surface area contributed by atoms with E-state index >= 15 is 0 Å². The number of amides is 1. The monoisotopic (exact) mass is 317 g/mol. The Bertz CT molecular complexity index is 814. The predicted molar refractivity (Wildman–Crippen MR) is 97.1 cm³/mol. The second-order valence-corrected chi connectivity index (χ2v) is 5.56. The molecule has 0 saturated carbocycles. The molecule has 0 saturated heterocycles. The lowest BCUT2D eigenvalue weighted by Crippen LogP contribution is -2.15. The molecule has 0 spiro atoms. The normalized spacial score (nSPS) is 10.2. The molecule has 3 rings (SSSR count). The van der Waals surface area contributed by atoms with Gasteiger partial charge in [0.1, 0.15) is 5.82 Å². The van der Waals surface area contributed by atoms with Gasteiger partial charge < -0.3 is 10.6 Å². The zero-order valence-electron chi connectivity index (χ0n) is 13.5. The largest absolute Gasteiger partial charge is 0.365 e. The summed E-state index contributed by atoms with van der Waals surface area (Å²) in [7, 11) is 0. The molecular weight excluding hydrogens is 298 g/mol. The fourth-order valence-corrected chi connectivity index (χ4v) is 2.35. The lowest BCUT2D eigenvalue weighted by Gasteiger charge is -2.11. The van der Waals surface area contributed by atoms with E-state index in [0.29, 0.717) is 17.9 Å². The summed E-state index contributed by atoms with van der Waals surface area (Å²) in [4.78, 5) is 16.8. The molecule has 1 amide bonds. The van der Waals surface area contributed by atoms with E-state index in [4.69, 9.17) is 0 Å². The van der Waals surface area contributed by atoms with Gasteiger partial charge in [0.25, 0.3) is 5.91 Å². The third kappa shape index (κ3) is 3.98. The number of anilines is 2. The van der Waals surface area contributed by atoms with Crippen molar-refractivity contribution in [3.05, 3.63) is 89.6 Å². The predicted octanol–water partition coefficient (Wildman–Crippen LogP) is 4.25. The van der Waals surface area contributed by atoms with Crippen LogP contribution in [-0.2, 0) is 6.54 Å². The summed E-state index contributed by atoms with van der Waals surface area (Å²) >= 11 is 0. The van der Waals surface area contributed by atoms with Crippen molar-refractivity contribution in [1.82, 2.24) is 4.98 Å². The summed E-state index contributed by atoms with van der Waals surface area (Å²) in [6.45, 7) is 2.63. The SMILES string of the molecule is Cc1ccc(NC(=O)c2cccnc2NCc2ccccc2)cc1. The van der Waals surface area contributed by atoms with Gasteiger partial charge in [-0.3, -0.25) is 4.79 Å². The lowest BCUT2D eigenvalue weighted by molar-refractivity contribution is 0.102. The van der Waals surface area contributed by atoms with Gasteiger partial charge in [0.15, 0.2) is 0 Å². The Labute approximate surface area is 141 Å². The van der Waals surface area contributed by atoms with E-state index in [1.807, 2.05) is 61.5 Å². The van der Waals surface area contributed by atoms with Crippen LogP contribution >= 0.6 is 0 Å². The first kappa shape index (κ1) is 15.7. The Morgan fingerprint density at radius 2 is 1.71 bits per heavy atom. The van der Waals surface area contributed by atoms with Crippen molar-refractivity contribution in [3.63, 3.8) is 0 Å². The third-order valence-electron chi connectivity index (χ3n) is 3.66. The summed E-state index contributed by atoms with van der Waals surface area (Å²) in [6.07, 6.45) is 1.68. The number of carbonyl (C=O) groups excluding carboxylic acids is 1. The minimum Gasteiger partial charge on any atom is -0.365 e. The topological polar surface area (TPSA) is 54.0 Å². The Balaban J connectivity index is 1.73. The van der Waals surface area contributed by atoms with E-state index in [0.717, 1.165) is 16.8 Å². The van der Waals surface area contributed by atoms with Crippen molar-refractivity contribution in [3.8, 4) is 0 Å². The first-order valence-electron chi connectivity index (χ1n) is 7.83. The number of benzene rings is 2. The van der Waals surface area contributed by atoms with Crippen LogP contribution in [0, 0.1) is 6.92 Å². The maximum atomic E-state index is 12.5. The van der Waals surface area contributed by atoms with E-state index in [-0.39, 0.29) is 5.91 Å². The van der Waals surface area contributed by atoms with Crippen LogP contribution in [0.2, 0.25) is 0 Å². The summed E-state index contributed by atoms with van der Waals surface area (Å²) in [5.74, 6) is 0.397. The van der Waals surface area contributed by atoms with Crippen molar-refractivity contribution >= 4 is 17.4 Å². The number of aromatic nitrogens is 1. The fraction of sp³-hybridized carbons (Fsp3) is 0.100. The van der Waals surface area contributed by atoms with Crippen molar-refractivity contribution in [2.75, 3.05) is 10.6 Å². The van der Waals surface area contributed by atoms with Crippen LogP contribution < -0.4 is 10.6 Å². The second-order valence-electron chi connectivity index (χ2n) is 5.56. The van der Waals surface area contributed by atoms with E-state index in [1.165, 1.54) is 0 Å². The molecule has 3 aromatic rings. The van der Waals surface area contributed by atoms with Crippen LogP contribution in [-0.4, -0.2) is 10.9 Å². The highest BCUT2D eigenvalue weighted by molar-refractivity contribution is 6.07. The Morgan fingerprint density at radius 1 is 0.958 bits per heavy atom. The number of hydrogen-bond acceptors (Lipinski definition) is 3. The Kier molecular flexibility index (Phi) is 4.87. The molecule has 0 aliphatic heterocycles. The first-order valence-corrected chi connectivity index (χ1v) is 7.83. The van der Waals surface area contributed by atoms with Crippen molar-refractivity contribution in [2.45, 2.75) is 13.5 Å². The van der Waals surface area contributed by atoms with E-state index < -0.39 is 0 Å². The molecule has 0 aliphatic rings. The van der Waals surface area contributed by atoms with Crippen molar-refractivity contribution < 1.29 is 4.79 Å². The summed E-state index contributed by atoms with van der Waals surface area (Å²) < 4.78 is 0. The molecular formula is C20H19N3O. The summed E-state index contributed by atoms with van der Waals surface area (Å²) in [5, 5.41) is 6.14. The summed E-state index contributed by atoms with van der Waals surface area (Å²) in [6, 6.07) is 21.2. The van der Waals surface area contributed by atoms with Crippen LogP contribution in [0.15, 0.2) is 72.9 Å². The molecule has 2 N–H and O–H groups in total. The number of hydrogen-bond donors (Lipinski definition) is 2. The van der Waals surface area contributed by atoms with Crippen molar-refractivity contribution in [1.29, 1.82) is 0 Å². The molecule has 0 fully saturated rings. The molecule has 0 atom stereocenters. The number of aryl methyl sites for hydroxylation is 1. The standard InChI is InChI=1S/C20H19N3O/c1-15-9-11-17(12-10-15)23-20(24)18-8-5-13-21-19(18)22-14-16-6-3-2-4-7-16/h2-13H,14H2,1H3,(H,21,22)(H,23,24). The van der Waals surface area contributed by atoms with E-state index in [9.17, 15) is 4.79 Å². The molecule has 0 radical (unpaired) electrons. The van der Waals surface area contributed by atoms with Gasteiger partial charge in [-0.05, 0) is 36.8 Å². The number of rotatable bonds is 5. The minimum atomic E-state index is -0.178. The molecule has 0 aliphatic carbocycles. The average molecular weight is 317 g/mol. The number of pyridine rings is 1. The highest BCUT2D eigenvalue weighted by Crippen LogP contribution is 2.16. The maximum Gasteiger partial charge on any atom is 0.259 e. The van der Waals surface area contributed by atoms with Gasteiger partial charge in [-0.15, -0.1) is 0 Å². The zero-order valence-corrected chi connectivity index (χ0v) is 13.5. The van der Waals surface area contributed by atoms with Crippen LogP contribution in [0.5, 0.6) is 0 Å². The zero-order chi connectivity index (χ0) is 16.8. The van der Waals surface area contributed by atoms with E-state index in [1.54, 1.807) is 18.3 Å². The first-order chi connectivity index (χ1) is 11.7. The van der Waals surface area contributed by atoms with Gasteiger partial charge in [-0.25, -0.2) is 4.98 Å². The molecule has 0 bridgehead atoms. The minimum absolute atomic E-state index is 0.178. The van der Waals surface area contributed by atoms with Gasteiger partial charge in [0, 0.05) is 18.4 Å². The quantitative estimate of drug-likeness (QED) is 0.739. The van der Waals surface area contributed by atoms with Crippen LogP contribution in [0.3, 0.4) is 0 Å². The average Bonchev–Trinajstić information content (AvgIpc) is 2.63. The van der Waals surface area contributed by atoms with Gasteiger partial charge in [0.05, 0.1) is 5.56 Å². The summed E-state index contributed by atoms with van der Waals surface area (Å²) in [5.41, 5.74) is 3.57. The van der Waals surface area contributed by atoms with Crippen LogP contribution in [0.25, 0.3) is 0 Å². The van der Waals surface area contributed by atoms with Gasteiger partial charge in [-0.1, -0.05) is 48.0 Å². The van der Waals surface area contributed by atoms with Gasteiger partial charge in [0.2, 0.25) is 0 Å². The van der Waals surface area contributed by atoms with Gasteiger partial charge in [-0.2, -0.15) is 0 Å². The molecule has 1 aromatic heterocycles. The Morgan fingerprint density at radius 3 is 2.46 bits per heavy atom. The third-order valence-corrected chi connectivity index (χ3v) is 3.66. The van der Waals surface area contributed by atoms with Crippen LogP contribution in [0.4, 0.5) is 11.5 Å². The number of nitrogens with zero attached hydrogens (tertiary/aromatic N) is 1. The molecule has 120 valence electrons. The fourth-order valence-electron chi connectivity index (χ4n) is 2.35. The van der Waals surface area contributed by atoms with E-state index in [2.05, 4.69) is 15.6 Å². The van der Waals surface area contributed by atoms with Gasteiger partial charge >= 0.3 is 0 Å². The smallest absolute Gasteiger partial charge is 0.259 e. The molecule has 24 heavy (non-hydrogen) atoms. The van der Waals surface area contributed by atoms with Crippen LogP contribution in [0.1, 0.15) is 21.5 Å². The highest BCUT2D eigenvalue weighted by Gasteiger charge is 2.12. The molecule has 0 unspecified atom stereocenters. The molecule has 2 aromatic carbocycles. The number of carbonyl (C=O) groups is 1. The van der Waals surface area contributed by atoms with Crippen molar-refractivity contribution in [2.24, 2.45) is 0 Å². The molecule has 1 heterocycles. The number of nitrogens with one attached hydrogen (secondary N) is 2. The second kappa shape index (κ2) is 7.42.